The van der Waals surface area contributed by atoms with Crippen molar-refractivity contribution in [2.75, 3.05) is 18.2 Å². The summed E-state index contributed by atoms with van der Waals surface area (Å²) in [6, 6.07) is 5.36. The van der Waals surface area contributed by atoms with Crippen molar-refractivity contribution in [3.63, 3.8) is 0 Å². The van der Waals surface area contributed by atoms with Crippen LogP contribution in [0.25, 0.3) is 0 Å². The van der Waals surface area contributed by atoms with E-state index in [-0.39, 0.29) is 5.82 Å². The molecule has 8 nitrogen and oxygen atoms in total. The summed E-state index contributed by atoms with van der Waals surface area (Å²) in [6.07, 6.45) is 1.62. The molecule has 0 fully saturated rings. The second-order valence-electron chi connectivity index (χ2n) is 5.06. The molecule has 1 aliphatic heterocycles. The van der Waals surface area contributed by atoms with Crippen LogP contribution < -0.4 is 16.7 Å². The van der Waals surface area contributed by atoms with Gasteiger partial charge in [-0.1, -0.05) is 6.07 Å². The van der Waals surface area contributed by atoms with Crippen LogP contribution in [0, 0.1) is 0 Å². The fraction of sp³-hybridized carbons (Fsp3) is 0.200. The van der Waals surface area contributed by atoms with Gasteiger partial charge < -0.3 is 15.8 Å². The maximum Gasteiger partial charge on any atom is 0.348 e. The Labute approximate surface area is 131 Å². The fourth-order valence-electron chi connectivity index (χ4n) is 2.72. The first-order valence-electron chi connectivity index (χ1n) is 6.89. The molecule has 0 saturated carbocycles. The number of H-pyrrole nitrogens is 1. The molecule has 0 aliphatic carbocycles. The molecule has 1 atom stereocenters. The molecule has 4 N–H and O–H groups in total. The normalized spacial score (nSPS) is 16.5. The van der Waals surface area contributed by atoms with Gasteiger partial charge in [-0.3, -0.25) is 9.97 Å². The Kier molecular flexibility index (Phi) is 3.57. The lowest BCUT2D eigenvalue weighted by atomic mass is 9.84. The smallest absolute Gasteiger partial charge is 0.348 e. The Morgan fingerprint density at radius 1 is 1.39 bits per heavy atom. The molecule has 3 rings (SSSR count). The molecule has 0 saturated heterocycles. The first-order chi connectivity index (χ1) is 11.0. The van der Waals surface area contributed by atoms with Crippen LogP contribution in [-0.4, -0.2) is 28.0 Å². The molecule has 0 radical (unpaired) electrons. The highest BCUT2D eigenvalue weighted by atomic mass is 16.5. The molecule has 0 spiro atoms. The lowest BCUT2D eigenvalue weighted by Crippen LogP contribution is -2.29. The minimum absolute atomic E-state index is 0.136. The van der Waals surface area contributed by atoms with Crippen LogP contribution in [0.1, 0.15) is 24.1 Å². The van der Waals surface area contributed by atoms with Crippen molar-refractivity contribution >= 4 is 17.6 Å². The minimum atomic E-state index is -0.579. The Balaban J connectivity index is 2.30. The third kappa shape index (κ3) is 2.44. The first-order valence-corrected chi connectivity index (χ1v) is 6.89. The van der Waals surface area contributed by atoms with E-state index < -0.39 is 17.6 Å². The van der Waals surface area contributed by atoms with Crippen LogP contribution in [0.4, 0.5) is 11.6 Å². The van der Waals surface area contributed by atoms with Crippen molar-refractivity contribution in [2.24, 2.45) is 0 Å². The number of hydrogen-bond acceptors (Lipinski definition) is 7. The Morgan fingerprint density at radius 3 is 2.83 bits per heavy atom. The van der Waals surface area contributed by atoms with E-state index >= 15 is 0 Å². The second-order valence-corrected chi connectivity index (χ2v) is 5.06. The first kappa shape index (κ1) is 14.8. The van der Waals surface area contributed by atoms with Crippen LogP contribution >= 0.6 is 0 Å². The molecule has 23 heavy (non-hydrogen) atoms. The highest BCUT2D eigenvalue weighted by Gasteiger charge is 2.36. The summed E-state index contributed by atoms with van der Waals surface area (Å²) in [7, 11) is 1.31. The summed E-state index contributed by atoms with van der Waals surface area (Å²) in [4.78, 5) is 34.5. The van der Waals surface area contributed by atoms with E-state index in [0.717, 1.165) is 0 Å². The number of aromatic nitrogens is 3. The van der Waals surface area contributed by atoms with Crippen LogP contribution in [0.2, 0.25) is 0 Å². The molecular formula is C15H15N5O3. The average Bonchev–Trinajstić information content (AvgIpc) is 2.53. The zero-order valence-electron chi connectivity index (χ0n) is 12.6. The number of nitrogens with one attached hydrogen (secondary N) is 2. The molecule has 1 unspecified atom stereocenters. The molecular weight excluding hydrogens is 298 g/mol. The average molecular weight is 313 g/mol. The largest absolute Gasteiger partial charge is 0.466 e. The maximum absolute atomic E-state index is 12.3. The van der Waals surface area contributed by atoms with E-state index in [0.29, 0.717) is 28.3 Å². The van der Waals surface area contributed by atoms with Gasteiger partial charge in [0.2, 0.25) is 0 Å². The number of nitrogen functional groups attached to an aromatic ring is 1. The monoisotopic (exact) mass is 313 g/mol. The third-order valence-corrected chi connectivity index (χ3v) is 3.68. The van der Waals surface area contributed by atoms with Crippen LogP contribution in [0.15, 0.2) is 40.5 Å². The quantitative estimate of drug-likeness (QED) is 0.699. The minimum Gasteiger partial charge on any atom is -0.466 e. The van der Waals surface area contributed by atoms with Gasteiger partial charge in [0, 0.05) is 17.5 Å². The standard InChI is InChI=1S/C15H15N5O3/c1-7-9(14(21)23-2)10(8-5-3-4-6-17-8)11-12(16)19-15(22)20-13(11)18-7/h3-6,10H,1-2H3,(H4,16,18,19,20,22). The highest BCUT2D eigenvalue weighted by Crippen LogP contribution is 2.42. The number of fused-ring (bicyclic) bond motifs is 1. The van der Waals surface area contributed by atoms with Gasteiger partial charge in [-0.2, -0.15) is 4.98 Å². The number of ether oxygens (including phenoxy) is 1. The molecule has 8 heteroatoms. The van der Waals surface area contributed by atoms with Crippen molar-refractivity contribution in [1.29, 1.82) is 0 Å². The van der Waals surface area contributed by atoms with Crippen LogP contribution in [-0.2, 0) is 9.53 Å². The van der Waals surface area contributed by atoms with Crippen LogP contribution in [0.3, 0.4) is 0 Å². The van der Waals surface area contributed by atoms with Crippen molar-refractivity contribution in [3.8, 4) is 0 Å². The number of methoxy groups -OCH3 is 1. The summed E-state index contributed by atoms with van der Waals surface area (Å²) in [6.45, 7) is 1.71. The number of hydrogen-bond donors (Lipinski definition) is 3. The van der Waals surface area contributed by atoms with E-state index in [2.05, 4.69) is 20.3 Å². The number of nitrogens with zero attached hydrogens (tertiary/aromatic N) is 2. The Bertz CT molecular complexity index is 857. The van der Waals surface area contributed by atoms with E-state index in [4.69, 9.17) is 10.5 Å². The summed E-state index contributed by atoms with van der Waals surface area (Å²) in [5.41, 5.74) is 7.43. The number of esters is 1. The topological polar surface area (TPSA) is 123 Å². The zero-order valence-corrected chi connectivity index (χ0v) is 12.6. The summed E-state index contributed by atoms with van der Waals surface area (Å²) >= 11 is 0. The van der Waals surface area contributed by atoms with Crippen molar-refractivity contribution in [2.45, 2.75) is 12.8 Å². The van der Waals surface area contributed by atoms with Gasteiger partial charge in [0.15, 0.2) is 0 Å². The molecule has 0 amide bonds. The maximum atomic E-state index is 12.3. The number of anilines is 2. The molecule has 0 aromatic carbocycles. The number of rotatable bonds is 2. The van der Waals surface area contributed by atoms with Crippen molar-refractivity contribution < 1.29 is 9.53 Å². The van der Waals surface area contributed by atoms with Crippen molar-refractivity contribution in [3.05, 3.63) is 57.4 Å². The molecule has 3 heterocycles. The third-order valence-electron chi connectivity index (χ3n) is 3.68. The summed E-state index contributed by atoms with van der Waals surface area (Å²) < 4.78 is 4.89. The van der Waals surface area contributed by atoms with E-state index in [1.54, 1.807) is 25.3 Å². The van der Waals surface area contributed by atoms with Gasteiger partial charge in [-0.25, -0.2) is 9.59 Å². The second kappa shape index (κ2) is 5.56. The number of allylic oxidation sites excluding steroid dienone is 1. The molecule has 118 valence electrons. The van der Waals surface area contributed by atoms with Gasteiger partial charge in [-0.15, -0.1) is 0 Å². The lowest BCUT2D eigenvalue weighted by molar-refractivity contribution is -0.136. The number of pyridine rings is 1. The molecule has 2 aromatic heterocycles. The van der Waals surface area contributed by atoms with E-state index in [9.17, 15) is 9.59 Å². The number of aromatic amines is 1. The van der Waals surface area contributed by atoms with Gasteiger partial charge in [0.05, 0.1) is 24.3 Å². The Morgan fingerprint density at radius 2 is 2.17 bits per heavy atom. The predicted octanol–water partition coefficient (Wildman–Crippen LogP) is 0.751. The molecule has 1 aliphatic rings. The number of carbonyl (C=O) groups excluding carboxylic acids is 1. The predicted molar refractivity (Wildman–Crippen MR) is 83.7 cm³/mol. The molecule has 0 bridgehead atoms. The summed E-state index contributed by atoms with van der Waals surface area (Å²) in [5, 5.41) is 2.95. The van der Waals surface area contributed by atoms with E-state index in [1.807, 2.05) is 6.07 Å². The Hall–Kier alpha value is -3.16. The van der Waals surface area contributed by atoms with Crippen LogP contribution in [0.5, 0.6) is 0 Å². The van der Waals surface area contributed by atoms with E-state index in [1.165, 1.54) is 7.11 Å². The SMILES string of the molecule is COC(=O)C1=C(C)Nc2nc(=O)[nH]c(N)c2C1c1ccccn1. The highest BCUT2D eigenvalue weighted by molar-refractivity contribution is 5.94. The summed E-state index contributed by atoms with van der Waals surface area (Å²) in [5.74, 6) is -0.629. The van der Waals surface area contributed by atoms with Gasteiger partial charge in [0.25, 0.3) is 0 Å². The zero-order chi connectivity index (χ0) is 16.6. The van der Waals surface area contributed by atoms with Gasteiger partial charge >= 0.3 is 11.7 Å². The van der Waals surface area contributed by atoms with Gasteiger partial charge in [-0.05, 0) is 19.1 Å². The lowest BCUT2D eigenvalue weighted by Gasteiger charge is -2.28. The van der Waals surface area contributed by atoms with Crippen molar-refractivity contribution in [1.82, 2.24) is 15.0 Å². The number of nitrogens with two attached hydrogens (primary N) is 1. The molecule has 2 aromatic rings. The fourth-order valence-corrected chi connectivity index (χ4v) is 2.72. The van der Waals surface area contributed by atoms with Gasteiger partial charge in [0.1, 0.15) is 11.6 Å². The number of carbonyl (C=O) groups is 1.